The number of rotatable bonds is 5. The van der Waals surface area contributed by atoms with Crippen molar-refractivity contribution in [2.45, 2.75) is 24.3 Å². The zero-order valence-corrected chi connectivity index (χ0v) is 13.3. The third-order valence-electron chi connectivity index (χ3n) is 2.61. The van der Waals surface area contributed by atoms with Gasteiger partial charge in [-0.2, -0.15) is 4.31 Å². The Morgan fingerprint density at radius 3 is 2.39 bits per heavy atom. The molecule has 0 saturated heterocycles. The van der Waals surface area contributed by atoms with Gasteiger partial charge in [-0.15, -0.1) is 0 Å². The minimum atomic E-state index is -3.50. The molecule has 0 bridgehead atoms. The number of thiocarbonyl (C=S) groups is 1. The van der Waals surface area contributed by atoms with E-state index in [1.807, 2.05) is 0 Å². The highest BCUT2D eigenvalue weighted by molar-refractivity contribution is 9.10. The van der Waals surface area contributed by atoms with Crippen LogP contribution in [0.15, 0.2) is 33.6 Å². The fourth-order valence-electron chi connectivity index (χ4n) is 1.43. The molecule has 0 aliphatic carbocycles. The molecule has 0 aliphatic rings. The normalized spacial score (nSPS) is 13.6. The van der Waals surface area contributed by atoms with Crippen LogP contribution in [0.3, 0.4) is 0 Å². The Hall–Kier alpha value is -0.500. The first-order valence-electron chi connectivity index (χ1n) is 5.27. The van der Waals surface area contributed by atoms with Gasteiger partial charge in [0.25, 0.3) is 0 Å². The number of nitrogens with two attached hydrogens (primary N) is 1. The van der Waals surface area contributed by atoms with E-state index in [9.17, 15) is 8.42 Å². The van der Waals surface area contributed by atoms with Crippen LogP contribution in [0, 0.1) is 0 Å². The summed E-state index contributed by atoms with van der Waals surface area (Å²) in [7, 11) is -1.98. The van der Waals surface area contributed by atoms with Crippen molar-refractivity contribution in [3.63, 3.8) is 0 Å². The van der Waals surface area contributed by atoms with Crippen molar-refractivity contribution in [3.8, 4) is 0 Å². The van der Waals surface area contributed by atoms with Crippen molar-refractivity contribution in [1.82, 2.24) is 4.31 Å². The van der Waals surface area contributed by atoms with E-state index in [1.165, 1.54) is 11.4 Å². The van der Waals surface area contributed by atoms with Gasteiger partial charge < -0.3 is 5.73 Å². The predicted molar refractivity (Wildman–Crippen MR) is 80.0 cm³/mol. The summed E-state index contributed by atoms with van der Waals surface area (Å²) in [6, 6.07) is 6.24. The third kappa shape index (κ3) is 3.74. The summed E-state index contributed by atoms with van der Waals surface area (Å²) in [6.45, 7) is 1.77. The van der Waals surface area contributed by atoms with Crippen LogP contribution in [0.2, 0.25) is 0 Å². The molecule has 0 saturated carbocycles. The molecule has 100 valence electrons. The largest absolute Gasteiger partial charge is 0.393 e. The molecule has 0 fully saturated rings. The molecule has 7 heteroatoms. The molecule has 1 aromatic carbocycles. The fourth-order valence-corrected chi connectivity index (χ4v) is 3.30. The van der Waals surface area contributed by atoms with E-state index < -0.39 is 10.0 Å². The van der Waals surface area contributed by atoms with Crippen LogP contribution in [-0.2, 0) is 10.0 Å². The molecule has 2 N–H and O–H groups in total. The first-order chi connectivity index (χ1) is 8.25. The Morgan fingerprint density at radius 1 is 1.44 bits per heavy atom. The van der Waals surface area contributed by atoms with Crippen molar-refractivity contribution in [2.75, 3.05) is 7.05 Å². The first-order valence-corrected chi connectivity index (χ1v) is 7.91. The molecule has 18 heavy (non-hydrogen) atoms. The van der Waals surface area contributed by atoms with Crippen molar-refractivity contribution in [1.29, 1.82) is 0 Å². The molecule has 0 radical (unpaired) electrons. The number of hydrogen-bond acceptors (Lipinski definition) is 3. The van der Waals surface area contributed by atoms with E-state index in [-0.39, 0.29) is 10.9 Å². The Balaban J connectivity index is 2.99. The molecular weight excluding hydrogens is 336 g/mol. The molecule has 0 amide bonds. The van der Waals surface area contributed by atoms with Crippen LogP contribution in [-0.4, -0.2) is 30.8 Å². The maximum Gasteiger partial charge on any atom is 0.243 e. The number of halogens is 1. The minimum absolute atomic E-state index is 0.253. The van der Waals surface area contributed by atoms with Gasteiger partial charge in [0.05, 0.1) is 9.88 Å². The molecule has 0 heterocycles. The highest BCUT2D eigenvalue weighted by atomic mass is 79.9. The molecule has 1 unspecified atom stereocenters. The molecule has 0 aliphatic heterocycles. The summed E-state index contributed by atoms with van der Waals surface area (Å²) in [5, 5.41) is 0. The molecule has 1 atom stereocenters. The summed E-state index contributed by atoms with van der Waals surface area (Å²) in [4.78, 5) is 0.559. The predicted octanol–water partition coefficient (Wildman–Crippen LogP) is 2.13. The van der Waals surface area contributed by atoms with Crippen molar-refractivity contribution in [2.24, 2.45) is 5.73 Å². The summed E-state index contributed by atoms with van der Waals surface area (Å²) in [6.07, 6.45) is 0.363. The van der Waals surface area contributed by atoms with Gasteiger partial charge in [0.1, 0.15) is 0 Å². The molecule has 0 spiro atoms. The Morgan fingerprint density at radius 2 is 1.94 bits per heavy atom. The Labute approximate surface area is 121 Å². The second-order valence-corrected chi connectivity index (χ2v) is 7.43. The maximum absolute atomic E-state index is 12.3. The number of benzene rings is 1. The second-order valence-electron chi connectivity index (χ2n) is 3.99. The van der Waals surface area contributed by atoms with E-state index in [0.29, 0.717) is 11.4 Å². The smallest absolute Gasteiger partial charge is 0.243 e. The van der Waals surface area contributed by atoms with Crippen LogP contribution >= 0.6 is 28.1 Å². The van der Waals surface area contributed by atoms with Crippen molar-refractivity contribution in [3.05, 3.63) is 28.7 Å². The van der Waals surface area contributed by atoms with Crippen LogP contribution in [0.1, 0.15) is 13.3 Å². The van der Waals surface area contributed by atoms with Gasteiger partial charge in [0.15, 0.2) is 0 Å². The summed E-state index contributed by atoms with van der Waals surface area (Å²) >= 11 is 8.07. The van der Waals surface area contributed by atoms with Gasteiger partial charge in [-0.1, -0.05) is 28.1 Å². The molecule has 1 rings (SSSR count). The van der Waals surface area contributed by atoms with Gasteiger partial charge in [-0.3, -0.25) is 0 Å². The molecule has 0 aromatic heterocycles. The Bertz CT molecular complexity index is 528. The lowest BCUT2D eigenvalue weighted by Gasteiger charge is -2.23. The lowest BCUT2D eigenvalue weighted by molar-refractivity contribution is 0.397. The molecular formula is C11H15BrN2O2S2. The average Bonchev–Trinajstić information content (AvgIpc) is 2.27. The van der Waals surface area contributed by atoms with E-state index >= 15 is 0 Å². The van der Waals surface area contributed by atoms with Crippen LogP contribution < -0.4 is 5.73 Å². The van der Waals surface area contributed by atoms with Gasteiger partial charge in [0.2, 0.25) is 10.0 Å². The standard InChI is InChI=1S/C11H15BrN2O2S2/c1-8(7-11(13)17)14(2)18(15,16)10-5-3-9(12)4-6-10/h3-6,8H,7H2,1-2H3,(H2,13,17). The second kappa shape index (κ2) is 6.10. The lowest BCUT2D eigenvalue weighted by Crippen LogP contribution is -2.37. The average molecular weight is 351 g/mol. The zero-order chi connectivity index (χ0) is 13.9. The van der Waals surface area contributed by atoms with E-state index in [4.69, 9.17) is 18.0 Å². The monoisotopic (exact) mass is 350 g/mol. The van der Waals surface area contributed by atoms with Gasteiger partial charge in [0, 0.05) is 24.0 Å². The zero-order valence-electron chi connectivity index (χ0n) is 10.1. The lowest BCUT2D eigenvalue weighted by atomic mass is 10.2. The molecule has 1 aromatic rings. The van der Waals surface area contributed by atoms with E-state index in [0.717, 1.165) is 4.47 Å². The SMILES string of the molecule is CC(CC(N)=S)N(C)S(=O)(=O)c1ccc(Br)cc1. The van der Waals surface area contributed by atoms with Crippen LogP contribution in [0.25, 0.3) is 0 Å². The highest BCUT2D eigenvalue weighted by Gasteiger charge is 2.25. The van der Waals surface area contributed by atoms with Gasteiger partial charge in [-0.05, 0) is 31.2 Å². The topological polar surface area (TPSA) is 63.4 Å². The highest BCUT2D eigenvalue weighted by Crippen LogP contribution is 2.20. The summed E-state index contributed by atoms with van der Waals surface area (Å²) in [5.41, 5.74) is 5.44. The maximum atomic E-state index is 12.3. The number of hydrogen-bond donors (Lipinski definition) is 1. The van der Waals surface area contributed by atoms with Crippen LogP contribution in [0.4, 0.5) is 0 Å². The first kappa shape index (κ1) is 15.6. The summed E-state index contributed by atoms with van der Waals surface area (Å²) in [5.74, 6) is 0. The van der Waals surface area contributed by atoms with Crippen molar-refractivity contribution < 1.29 is 8.42 Å². The summed E-state index contributed by atoms with van der Waals surface area (Å²) < 4.78 is 26.7. The number of nitrogens with zero attached hydrogens (tertiary/aromatic N) is 1. The molecule has 4 nitrogen and oxygen atoms in total. The quantitative estimate of drug-likeness (QED) is 0.826. The third-order valence-corrected chi connectivity index (χ3v) is 5.29. The number of sulfonamides is 1. The minimum Gasteiger partial charge on any atom is -0.393 e. The Kier molecular flexibility index (Phi) is 5.27. The van der Waals surface area contributed by atoms with Crippen LogP contribution in [0.5, 0.6) is 0 Å². The van der Waals surface area contributed by atoms with Crippen molar-refractivity contribution >= 4 is 43.2 Å². The fraction of sp³-hybridized carbons (Fsp3) is 0.364. The van der Waals surface area contributed by atoms with E-state index in [2.05, 4.69) is 15.9 Å². The van der Waals surface area contributed by atoms with E-state index in [1.54, 1.807) is 31.2 Å². The van der Waals surface area contributed by atoms with Gasteiger partial charge >= 0.3 is 0 Å². The van der Waals surface area contributed by atoms with Gasteiger partial charge in [-0.25, -0.2) is 8.42 Å².